The second-order valence-corrected chi connectivity index (χ2v) is 17.3. The van der Waals surface area contributed by atoms with Gasteiger partial charge in [-0.3, -0.25) is 0 Å². The van der Waals surface area contributed by atoms with E-state index in [0.717, 1.165) is 81.3 Å². The zero-order valence-corrected chi connectivity index (χ0v) is 37.8. The second kappa shape index (κ2) is 17.6. The summed E-state index contributed by atoms with van der Waals surface area (Å²) in [6.07, 6.45) is 27.0. The molecule has 0 N–H and O–H groups in total. The molecule has 3 aliphatic carbocycles. The van der Waals surface area contributed by atoms with Crippen LogP contribution in [0.15, 0.2) is 242 Å². The normalized spacial score (nSPS) is 17.4. The zero-order valence-electron chi connectivity index (χ0n) is 37.8. The number of anilines is 1. The molecule has 0 saturated heterocycles. The lowest BCUT2D eigenvalue weighted by molar-refractivity contribution is 0.397. The van der Waals surface area contributed by atoms with Gasteiger partial charge in [-0.05, 0) is 136 Å². The van der Waals surface area contributed by atoms with Crippen LogP contribution in [0.2, 0.25) is 0 Å². The van der Waals surface area contributed by atoms with E-state index in [-0.39, 0.29) is 0 Å². The van der Waals surface area contributed by atoms with Crippen molar-refractivity contribution in [3.8, 4) is 45.5 Å². The third-order valence-corrected chi connectivity index (χ3v) is 13.5. The third-order valence-electron chi connectivity index (χ3n) is 13.5. The molecule has 4 aliphatic rings. The molecular weight excluding hydrogens is 813 g/mol. The van der Waals surface area contributed by atoms with Crippen LogP contribution in [0.1, 0.15) is 54.1 Å². The van der Waals surface area contributed by atoms with Crippen molar-refractivity contribution in [1.29, 1.82) is 0 Å². The van der Waals surface area contributed by atoms with Crippen LogP contribution in [0.25, 0.3) is 50.5 Å². The zero-order chi connectivity index (χ0) is 45.3. The summed E-state index contributed by atoms with van der Waals surface area (Å²) in [7, 11) is 0. The molecule has 1 aliphatic heterocycles. The summed E-state index contributed by atoms with van der Waals surface area (Å²) in [6, 6.07) is 52.0. The topological polar surface area (TPSA) is 17.4 Å². The Morgan fingerprint density at radius 1 is 0.791 bits per heavy atom. The van der Waals surface area contributed by atoms with Gasteiger partial charge in [-0.1, -0.05) is 171 Å². The van der Waals surface area contributed by atoms with Gasteiger partial charge >= 0.3 is 0 Å². The number of ether oxygens (including phenoxy) is 1. The highest BCUT2D eigenvalue weighted by atomic mass is 16.5. The van der Waals surface area contributed by atoms with Crippen molar-refractivity contribution in [2.45, 2.75) is 38.0 Å². The molecule has 2 heterocycles. The maximum Gasteiger partial charge on any atom is 0.132 e. The summed E-state index contributed by atoms with van der Waals surface area (Å²) in [5.41, 5.74) is 17.4. The van der Waals surface area contributed by atoms with Crippen molar-refractivity contribution >= 4 is 28.2 Å². The van der Waals surface area contributed by atoms with Gasteiger partial charge < -0.3 is 14.2 Å². The number of aromatic nitrogens is 1. The minimum atomic E-state index is -0.753. The van der Waals surface area contributed by atoms with Gasteiger partial charge in [0.15, 0.2) is 0 Å². The molecule has 1 atom stereocenters. The Kier molecular flexibility index (Phi) is 10.9. The maximum atomic E-state index is 6.83. The molecule has 3 heteroatoms. The van der Waals surface area contributed by atoms with Crippen molar-refractivity contribution in [3.63, 3.8) is 0 Å². The van der Waals surface area contributed by atoms with E-state index < -0.39 is 5.41 Å². The molecule has 0 amide bonds. The third kappa shape index (κ3) is 7.10. The van der Waals surface area contributed by atoms with Crippen LogP contribution in [-0.4, -0.2) is 4.57 Å². The number of rotatable bonds is 10. The fourth-order valence-electron chi connectivity index (χ4n) is 10.6. The van der Waals surface area contributed by atoms with Gasteiger partial charge in [-0.15, -0.1) is 0 Å². The van der Waals surface area contributed by atoms with E-state index in [0.29, 0.717) is 6.42 Å². The molecule has 1 unspecified atom stereocenters. The first-order valence-electron chi connectivity index (χ1n) is 23.3. The molecule has 0 radical (unpaired) electrons. The number of aryl methyl sites for hydroxylation is 1. The number of hydrogen-bond acceptors (Lipinski definition) is 2. The predicted octanol–water partition coefficient (Wildman–Crippen LogP) is 15.8. The number of allylic oxidation sites excluding steroid dienone is 12. The van der Waals surface area contributed by atoms with E-state index in [9.17, 15) is 0 Å². The predicted molar refractivity (Wildman–Crippen MR) is 281 cm³/mol. The van der Waals surface area contributed by atoms with Crippen LogP contribution >= 0.6 is 0 Å². The van der Waals surface area contributed by atoms with Crippen molar-refractivity contribution in [3.05, 3.63) is 270 Å². The van der Waals surface area contributed by atoms with Crippen LogP contribution in [0, 0.1) is 11.8 Å². The molecule has 6 aromatic carbocycles. The van der Waals surface area contributed by atoms with E-state index in [4.69, 9.17) is 11.3 Å². The van der Waals surface area contributed by atoms with Gasteiger partial charge in [-0.2, -0.15) is 0 Å². The van der Waals surface area contributed by atoms with Crippen LogP contribution in [0.4, 0.5) is 5.69 Å². The molecule has 0 fully saturated rings. The lowest BCUT2D eigenvalue weighted by atomic mass is 9.64. The summed E-state index contributed by atoms with van der Waals surface area (Å²) in [5.74, 6) is 8.44. The van der Waals surface area contributed by atoms with E-state index in [1.54, 1.807) is 0 Å². The molecular formula is C64H50N2O. The Hall–Kier alpha value is -8.32. The van der Waals surface area contributed by atoms with Gasteiger partial charge in [0.25, 0.3) is 0 Å². The molecule has 322 valence electrons. The minimum Gasteiger partial charge on any atom is -0.457 e. The smallest absolute Gasteiger partial charge is 0.132 e. The Morgan fingerprint density at radius 2 is 1.54 bits per heavy atom. The first-order valence-corrected chi connectivity index (χ1v) is 23.3. The average Bonchev–Trinajstić information content (AvgIpc) is 3.70. The Bertz CT molecular complexity index is 3430. The van der Waals surface area contributed by atoms with Crippen LogP contribution in [0.3, 0.4) is 0 Å². The van der Waals surface area contributed by atoms with Crippen molar-refractivity contribution < 1.29 is 4.74 Å². The number of fused-ring (bicyclic) bond motifs is 9. The maximum absolute atomic E-state index is 6.83. The molecule has 67 heavy (non-hydrogen) atoms. The first-order chi connectivity index (χ1) is 33.1. The molecule has 7 aromatic rings. The minimum absolute atomic E-state index is 0.542. The van der Waals surface area contributed by atoms with Crippen LogP contribution in [-0.2, 0) is 11.8 Å². The SMILES string of the molecule is C=C(/C=C\C=C/CC)N(/C=C/C=C1\C(=C)C2(C3=C(C=CC#CC3)Oc3ccccc32)c2c1ccc1c2c2c(n1-c1cccc(-c3ccccc3)c1)C=CCC2)c1cccc(-c2ccccc2)c1. The van der Waals surface area contributed by atoms with Gasteiger partial charge in [0, 0.05) is 51.9 Å². The lowest BCUT2D eigenvalue weighted by Gasteiger charge is -2.40. The van der Waals surface area contributed by atoms with Gasteiger partial charge in [0.1, 0.15) is 11.5 Å². The Balaban J connectivity index is 1.14. The van der Waals surface area contributed by atoms with Crippen LogP contribution in [0.5, 0.6) is 5.75 Å². The molecule has 1 aromatic heterocycles. The number of benzene rings is 6. The largest absolute Gasteiger partial charge is 0.457 e. The van der Waals surface area contributed by atoms with Crippen LogP contribution < -0.4 is 9.64 Å². The number of para-hydroxylation sites is 1. The van der Waals surface area contributed by atoms with E-state index in [1.165, 1.54) is 44.4 Å². The summed E-state index contributed by atoms with van der Waals surface area (Å²) in [5, 5.41) is 1.28. The van der Waals surface area contributed by atoms with Crippen molar-refractivity contribution in [1.82, 2.24) is 4.57 Å². The van der Waals surface area contributed by atoms with E-state index >= 15 is 0 Å². The van der Waals surface area contributed by atoms with Gasteiger partial charge in [0.05, 0.1) is 10.9 Å². The lowest BCUT2D eigenvalue weighted by Crippen LogP contribution is -2.34. The molecule has 0 saturated carbocycles. The van der Waals surface area contributed by atoms with E-state index in [2.05, 4.69) is 241 Å². The van der Waals surface area contributed by atoms with Crippen molar-refractivity contribution in [2.24, 2.45) is 0 Å². The Labute approximate surface area is 394 Å². The van der Waals surface area contributed by atoms with Gasteiger partial charge in [0.2, 0.25) is 0 Å². The highest BCUT2D eigenvalue weighted by Crippen LogP contribution is 2.64. The molecule has 0 bridgehead atoms. The quantitative estimate of drug-likeness (QED) is 0.101. The fourth-order valence-corrected chi connectivity index (χ4v) is 10.6. The highest BCUT2D eigenvalue weighted by molar-refractivity contribution is 6.06. The Morgan fingerprint density at radius 3 is 2.34 bits per heavy atom. The average molecular weight is 863 g/mol. The van der Waals surface area contributed by atoms with Gasteiger partial charge in [-0.25, -0.2) is 0 Å². The molecule has 11 rings (SSSR count). The summed E-state index contributed by atoms with van der Waals surface area (Å²) in [6.45, 7) is 11.9. The standard InChI is InChI=1S/C64H50N2O/c1-4-5-6-10-24-45(2)65(51-31-21-29-49(43-51)47-25-11-7-12-26-47)42-23-34-53-46(3)64(56-35-15-9-16-38-60(56)67-61-39-20-18-36-57(61)64)63-54(53)40-41-59-62(63)55-33-17-19-37-58(55)66(59)52-32-22-30-50(44-52)48-27-13-8-14-28-48/h5-8,10-14,16,18-32,34,36-44H,2-4,17,33,35H2,1H3/b6-5-,24-10-,42-23+,53-34+. The monoisotopic (exact) mass is 862 g/mol. The first kappa shape index (κ1) is 41.4. The molecule has 3 nitrogen and oxygen atoms in total. The summed E-state index contributed by atoms with van der Waals surface area (Å²) >= 11 is 0. The summed E-state index contributed by atoms with van der Waals surface area (Å²) < 4.78 is 9.31. The number of hydrogen-bond donors (Lipinski definition) is 0. The van der Waals surface area contributed by atoms with E-state index in [1.807, 2.05) is 6.08 Å². The molecule has 1 spiro atoms. The highest BCUT2D eigenvalue weighted by Gasteiger charge is 2.54. The second-order valence-electron chi connectivity index (χ2n) is 17.3. The van der Waals surface area contributed by atoms with Crippen molar-refractivity contribution in [2.75, 3.05) is 4.90 Å². The fraction of sp³-hybridized carbons (Fsp3) is 0.0938. The summed E-state index contributed by atoms with van der Waals surface area (Å²) in [4.78, 5) is 2.17. The number of nitrogens with zero attached hydrogens (tertiary/aromatic N) is 2.